The van der Waals surface area contributed by atoms with Crippen molar-refractivity contribution in [2.45, 2.75) is 51.9 Å². The first-order valence-corrected chi connectivity index (χ1v) is 10.2. The highest BCUT2D eigenvalue weighted by atomic mass is 79.9. The van der Waals surface area contributed by atoms with E-state index in [1.54, 1.807) is 7.11 Å². The third kappa shape index (κ3) is 5.14. The fraction of sp³-hybridized carbons (Fsp3) is 0.524. The van der Waals surface area contributed by atoms with Crippen molar-refractivity contribution in [1.29, 1.82) is 0 Å². The Balaban J connectivity index is 1.96. The van der Waals surface area contributed by atoms with Gasteiger partial charge in [0.25, 0.3) is 0 Å². The zero-order valence-electron chi connectivity index (χ0n) is 14.9. The minimum atomic E-state index is 0.790. The summed E-state index contributed by atoms with van der Waals surface area (Å²) < 4.78 is 11.8. The molecule has 0 aliphatic rings. The van der Waals surface area contributed by atoms with Gasteiger partial charge in [0.15, 0.2) is 0 Å². The number of aryl methyl sites for hydroxylation is 1. The van der Waals surface area contributed by atoms with E-state index >= 15 is 0 Å². The van der Waals surface area contributed by atoms with Crippen molar-refractivity contribution >= 4 is 26.7 Å². The number of ether oxygens (including phenoxy) is 2. The summed E-state index contributed by atoms with van der Waals surface area (Å²) in [5, 5.41) is 3.41. The van der Waals surface area contributed by atoms with Crippen LogP contribution in [0.2, 0.25) is 0 Å². The number of fused-ring (bicyclic) bond motifs is 1. The minimum absolute atomic E-state index is 0.790. The molecule has 0 heterocycles. The summed E-state index contributed by atoms with van der Waals surface area (Å²) in [5.74, 6) is 1.97. The summed E-state index contributed by atoms with van der Waals surface area (Å²) in [4.78, 5) is 0. The minimum Gasteiger partial charge on any atom is -0.496 e. The standard InChI is InChI=1S/C21H29BrO2/c1-3-17-16-20(24-15-11-7-5-4-6-10-14-22)18-12-8-9-13-19(18)21(17)23-2/h8-9,12-13,16H,3-7,10-11,14-15H2,1-2H3. The normalized spacial score (nSPS) is 11.0. The maximum absolute atomic E-state index is 6.13. The molecule has 0 aromatic heterocycles. The van der Waals surface area contributed by atoms with Gasteiger partial charge in [0, 0.05) is 16.1 Å². The zero-order valence-corrected chi connectivity index (χ0v) is 16.5. The Kier molecular flexibility index (Phi) is 8.44. The molecule has 2 rings (SSSR count). The summed E-state index contributed by atoms with van der Waals surface area (Å²) in [6.07, 6.45) is 8.56. The van der Waals surface area contributed by atoms with Crippen molar-refractivity contribution < 1.29 is 9.47 Å². The van der Waals surface area contributed by atoms with Crippen LogP contribution in [0, 0.1) is 0 Å². The molecule has 0 atom stereocenters. The predicted molar refractivity (Wildman–Crippen MR) is 107 cm³/mol. The van der Waals surface area contributed by atoms with Gasteiger partial charge in [-0.1, -0.05) is 72.8 Å². The van der Waals surface area contributed by atoms with E-state index in [1.807, 2.05) is 0 Å². The molecular formula is C21H29BrO2. The van der Waals surface area contributed by atoms with Crippen LogP contribution in [0.3, 0.4) is 0 Å². The molecule has 0 saturated carbocycles. The van der Waals surface area contributed by atoms with Gasteiger partial charge in [-0.2, -0.15) is 0 Å². The van der Waals surface area contributed by atoms with Crippen molar-refractivity contribution in [3.05, 3.63) is 35.9 Å². The lowest BCUT2D eigenvalue weighted by Gasteiger charge is -2.15. The number of hydrogen-bond acceptors (Lipinski definition) is 2. The maximum atomic E-state index is 6.13. The van der Waals surface area contributed by atoms with E-state index < -0.39 is 0 Å². The van der Waals surface area contributed by atoms with Crippen LogP contribution in [-0.4, -0.2) is 19.0 Å². The lowest BCUT2D eigenvalue weighted by atomic mass is 10.0. The third-order valence-electron chi connectivity index (χ3n) is 4.40. The average molecular weight is 393 g/mol. The molecule has 0 bridgehead atoms. The number of benzene rings is 2. The summed E-state index contributed by atoms with van der Waals surface area (Å²) in [6, 6.07) is 10.5. The van der Waals surface area contributed by atoms with Crippen LogP contribution in [0.4, 0.5) is 0 Å². The van der Waals surface area contributed by atoms with Crippen LogP contribution < -0.4 is 9.47 Å². The summed E-state index contributed by atoms with van der Waals surface area (Å²) in [5.41, 5.74) is 1.21. The van der Waals surface area contributed by atoms with Gasteiger partial charge in [0.05, 0.1) is 13.7 Å². The van der Waals surface area contributed by atoms with Crippen LogP contribution in [0.1, 0.15) is 51.0 Å². The number of halogens is 1. The Morgan fingerprint density at radius 2 is 1.58 bits per heavy atom. The zero-order chi connectivity index (χ0) is 17.2. The van der Waals surface area contributed by atoms with E-state index in [0.717, 1.165) is 47.1 Å². The lowest BCUT2D eigenvalue weighted by Crippen LogP contribution is -2.00. The van der Waals surface area contributed by atoms with E-state index in [4.69, 9.17) is 9.47 Å². The molecule has 3 heteroatoms. The fourth-order valence-electron chi connectivity index (χ4n) is 3.08. The molecule has 0 spiro atoms. The summed E-state index contributed by atoms with van der Waals surface area (Å²) in [6.45, 7) is 2.95. The largest absolute Gasteiger partial charge is 0.496 e. The Bertz CT molecular complexity index is 625. The summed E-state index contributed by atoms with van der Waals surface area (Å²) in [7, 11) is 1.75. The second-order valence-corrected chi connectivity index (χ2v) is 6.92. The number of alkyl halides is 1. The Morgan fingerprint density at radius 1 is 0.917 bits per heavy atom. The van der Waals surface area contributed by atoms with Gasteiger partial charge >= 0.3 is 0 Å². The van der Waals surface area contributed by atoms with Crippen LogP contribution in [0.25, 0.3) is 10.8 Å². The van der Waals surface area contributed by atoms with E-state index in [-0.39, 0.29) is 0 Å². The van der Waals surface area contributed by atoms with Crippen molar-refractivity contribution in [1.82, 2.24) is 0 Å². The molecule has 0 amide bonds. The van der Waals surface area contributed by atoms with Crippen molar-refractivity contribution in [2.24, 2.45) is 0 Å². The number of hydrogen-bond donors (Lipinski definition) is 0. The van der Waals surface area contributed by atoms with Crippen molar-refractivity contribution in [3.8, 4) is 11.5 Å². The molecule has 0 aliphatic carbocycles. The Hall–Kier alpha value is -1.22. The molecule has 0 radical (unpaired) electrons. The SMILES string of the molecule is CCc1cc(OCCCCCCCCBr)c2ccccc2c1OC. The Morgan fingerprint density at radius 3 is 2.25 bits per heavy atom. The topological polar surface area (TPSA) is 18.5 Å². The smallest absolute Gasteiger partial charge is 0.130 e. The highest BCUT2D eigenvalue weighted by molar-refractivity contribution is 9.09. The first-order chi connectivity index (χ1) is 11.8. The molecule has 0 aliphatic heterocycles. The summed E-state index contributed by atoms with van der Waals surface area (Å²) >= 11 is 3.48. The van der Waals surface area contributed by atoms with Crippen LogP contribution in [0.5, 0.6) is 11.5 Å². The molecule has 0 fully saturated rings. The molecule has 2 aromatic carbocycles. The molecule has 24 heavy (non-hydrogen) atoms. The highest BCUT2D eigenvalue weighted by Crippen LogP contribution is 2.37. The predicted octanol–water partition coefficient (Wildman–Crippen LogP) is 6.53. The van der Waals surface area contributed by atoms with Crippen LogP contribution in [0.15, 0.2) is 30.3 Å². The maximum Gasteiger partial charge on any atom is 0.130 e. The van der Waals surface area contributed by atoms with E-state index in [9.17, 15) is 0 Å². The van der Waals surface area contributed by atoms with E-state index in [1.165, 1.54) is 37.7 Å². The van der Waals surface area contributed by atoms with Gasteiger partial charge in [0.1, 0.15) is 11.5 Å². The first-order valence-electron chi connectivity index (χ1n) is 9.09. The van der Waals surface area contributed by atoms with E-state index in [2.05, 4.69) is 53.2 Å². The number of rotatable bonds is 11. The second kappa shape index (κ2) is 10.6. The van der Waals surface area contributed by atoms with Crippen LogP contribution in [-0.2, 0) is 6.42 Å². The Labute approximate surface area is 154 Å². The molecule has 132 valence electrons. The van der Waals surface area contributed by atoms with Gasteiger partial charge in [-0.15, -0.1) is 0 Å². The van der Waals surface area contributed by atoms with Crippen molar-refractivity contribution in [3.63, 3.8) is 0 Å². The van der Waals surface area contributed by atoms with Gasteiger partial charge in [0.2, 0.25) is 0 Å². The number of unbranched alkanes of at least 4 members (excludes halogenated alkanes) is 5. The van der Waals surface area contributed by atoms with Crippen LogP contribution >= 0.6 is 15.9 Å². The third-order valence-corrected chi connectivity index (χ3v) is 4.97. The second-order valence-electron chi connectivity index (χ2n) is 6.12. The molecular weight excluding hydrogens is 364 g/mol. The first kappa shape index (κ1) is 19.1. The van der Waals surface area contributed by atoms with E-state index in [0.29, 0.717) is 0 Å². The monoisotopic (exact) mass is 392 g/mol. The van der Waals surface area contributed by atoms with Gasteiger partial charge in [-0.25, -0.2) is 0 Å². The van der Waals surface area contributed by atoms with Crippen molar-refractivity contribution in [2.75, 3.05) is 19.0 Å². The molecule has 0 saturated heterocycles. The molecule has 2 aromatic rings. The van der Waals surface area contributed by atoms with Gasteiger partial charge in [-0.05, 0) is 30.9 Å². The van der Waals surface area contributed by atoms with Gasteiger partial charge < -0.3 is 9.47 Å². The quantitative estimate of drug-likeness (QED) is 0.319. The molecule has 0 unspecified atom stereocenters. The molecule has 2 nitrogen and oxygen atoms in total. The lowest BCUT2D eigenvalue weighted by molar-refractivity contribution is 0.307. The van der Waals surface area contributed by atoms with Gasteiger partial charge in [-0.3, -0.25) is 0 Å². The average Bonchev–Trinajstić information content (AvgIpc) is 2.63. The molecule has 0 N–H and O–H groups in total. The fourth-order valence-corrected chi connectivity index (χ4v) is 3.48. The number of methoxy groups -OCH3 is 1. The highest BCUT2D eigenvalue weighted by Gasteiger charge is 2.12.